The molecule has 0 radical (unpaired) electrons. The van der Waals surface area contributed by atoms with Gasteiger partial charge in [-0.1, -0.05) is 41.9 Å². The summed E-state index contributed by atoms with van der Waals surface area (Å²) in [7, 11) is 1.53. The van der Waals surface area contributed by atoms with Gasteiger partial charge in [-0.2, -0.15) is 0 Å². The number of nitrogens with one attached hydrogen (secondary N) is 2. The number of para-hydroxylation sites is 1. The first kappa shape index (κ1) is 17.8. The molecule has 26 heavy (non-hydrogen) atoms. The Kier molecular flexibility index (Phi) is 5.71. The number of benzene rings is 2. The molecule has 6 heteroatoms. The molecule has 3 rings (SSSR count). The van der Waals surface area contributed by atoms with Crippen molar-refractivity contribution in [1.82, 2.24) is 4.98 Å². The molecule has 1 amide bonds. The molecule has 0 aliphatic rings. The first-order chi connectivity index (χ1) is 12.7. The molecule has 5 nitrogen and oxygen atoms in total. The number of carbonyl (C=O) groups is 1. The topological polar surface area (TPSA) is 63.2 Å². The Morgan fingerprint density at radius 2 is 1.85 bits per heavy atom. The minimum absolute atomic E-state index is 0.272. The van der Waals surface area contributed by atoms with Crippen molar-refractivity contribution in [3.8, 4) is 5.75 Å². The predicted octanol–water partition coefficient (Wildman–Crippen LogP) is 4.61. The van der Waals surface area contributed by atoms with Crippen LogP contribution in [0.1, 0.15) is 15.9 Å². The second-order valence-corrected chi connectivity index (χ2v) is 5.94. The summed E-state index contributed by atoms with van der Waals surface area (Å²) in [6.07, 6.45) is 1.66. The summed E-state index contributed by atoms with van der Waals surface area (Å²) < 4.78 is 5.20. The van der Waals surface area contributed by atoms with E-state index in [0.29, 0.717) is 28.7 Å². The van der Waals surface area contributed by atoms with E-state index in [-0.39, 0.29) is 5.91 Å². The zero-order valence-electron chi connectivity index (χ0n) is 14.2. The molecule has 0 atom stereocenters. The molecule has 0 fully saturated rings. The van der Waals surface area contributed by atoms with Gasteiger partial charge in [0.05, 0.1) is 24.6 Å². The summed E-state index contributed by atoms with van der Waals surface area (Å²) in [6, 6.07) is 18.3. The molecule has 1 heterocycles. The molecule has 3 aromatic rings. The molecular formula is C20H18ClN3O2. The number of methoxy groups -OCH3 is 1. The van der Waals surface area contributed by atoms with Gasteiger partial charge in [-0.15, -0.1) is 0 Å². The lowest BCUT2D eigenvalue weighted by molar-refractivity contribution is 0.102. The normalized spacial score (nSPS) is 10.2. The SMILES string of the molecule is COc1ccccc1C(=O)Nc1ccc(NCc2ccccc2Cl)cn1. The molecule has 0 unspecified atom stereocenters. The first-order valence-electron chi connectivity index (χ1n) is 8.05. The van der Waals surface area contributed by atoms with Gasteiger partial charge >= 0.3 is 0 Å². The minimum Gasteiger partial charge on any atom is -0.496 e. The third-order valence-electron chi connectivity index (χ3n) is 3.80. The average Bonchev–Trinajstić information content (AvgIpc) is 2.68. The fraction of sp³-hybridized carbons (Fsp3) is 0.100. The van der Waals surface area contributed by atoms with E-state index in [0.717, 1.165) is 11.3 Å². The highest BCUT2D eigenvalue weighted by Crippen LogP contribution is 2.20. The van der Waals surface area contributed by atoms with Crippen LogP contribution in [0.4, 0.5) is 11.5 Å². The van der Waals surface area contributed by atoms with E-state index in [1.54, 1.807) is 30.5 Å². The van der Waals surface area contributed by atoms with Gasteiger partial charge < -0.3 is 15.4 Å². The third kappa shape index (κ3) is 4.32. The van der Waals surface area contributed by atoms with Gasteiger partial charge in [-0.25, -0.2) is 4.98 Å². The Bertz CT molecular complexity index is 898. The Hall–Kier alpha value is -3.05. The monoisotopic (exact) mass is 367 g/mol. The van der Waals surface area contributed by atoms with E-state index in [1.165, 1.54) is 7.11 Å². The van der Waals surface area contributed by atoms with Crippen LogP contribution in [-0.2, 0) is 6.54 Å². The highest BCUT2D eigenvalue weighted by atomic mass is 35.5. The van der Waals surface area contributed by atoms with Crippen LogP contribution in [0, 0.1) is 0 Å². The average molecular weight is 368 g/mol. The highest BCUT2D eigenvalue weighted by Gasteiger charge is 2.12. The largest absolute Gasteiger partial charge is 0.496 e. The van der Waals surface area contributed by atoms with Gasteiger partial charge in [-0.3, -0.25) is 4.79 Å². The lowest BCUT2D eigenvalue weighted by Crippen LogP contribution is -2.14. The number of carbonyl (C=O) groups excluding carboxylic acids is 1. The van der Waals surface area contributed by atoms with E-state index in [1.807, 2.05) is 36.4 Å². The third-order valence-corrected chi connectivity index (χ3v) is 4.17. The number of ether oxygens (including phenoxy) is 1. The maximum Gasteiger partial charge on any atom is 0.260 e. The Labute approximate surface area is 157 Å². The number of hydrogen-bond donors (Lipinski definition) is 2. The van der Waals surface area contributed by atoms with Gasteiger partial charge in [0.1, 0.15) is 11.6 Å². The van der Waals surface area contributed by atoms with Crippen molar-refractivity contribution in [3.63, 3.8) is 0 Å². The first-order valence-corrected chi connectivity index (χ1v) is 8.43. The van der Waals surface area contributed by atoms with Crippen molar-refractivity contribution < 1.29 is 9.53 Å². The van der Waals surface area contributed by atoms with Crippen molar-refractivity contribution in [2.24, 2.45) is 0 Å². The predicted molar refractivity (Wildman–Crippen MR) is 104 cm³/mol. The number of halogens is 1. The van der Waals surface area contributed by atoms with E-state index in [4.69, 9.17) is 16.3 Å². The molecule has 0 aliphatic heterocycles. The van der Waals surface area contributed by atoms with Gasteiger partial charge in [0.2, 0.25) is 0 Å². The molecule has 0 bridgehead atoms. The number of aromatic nitrogens is 1. The van der Waals surface area contributed by atoms with Crippen LogP contribution in [0.25, 0.3) is 0 Å². The van der Waals surface area contributed by atoms with Crippen LogP contribution >= 0.6 is 11.6 Å². The van der Waals surface area contributed by atoms with Crippen molar-refractivity contribution >= 4 is 29.0 Å². The number of rotatable bonds is 6. The standard InChI is InChI=1S/C20H18ClN3O2/c1-26-18-9-5-3-7-16(18)20(25)24-19-11-10-15(13-23-19)22-12-14-6-2-4-8-17(14)21/h2-11,13,22H,12H2,1H3,(H,23,24,25). The van der Waals surface area contributed by atoms with Gasteiger partial charge in [0, 0.05) is 11.6 Å². The lowest BCUT2D eigenvalue weighted by atomic mass is 10.2. The summed E-state index contributed by atoms with van der Waals surface area (Å²) in [5, 5.41) is 6.73. The van der Waals surface area contributed by atoms with E-state index >= 15 is 0 Å². The molecule has 0 spiro atoms. The molecule has 132 valence electrons. The van der Waals surface area contributed by atoms with Crippen LogP contribution in [0.5, 0.6) is 5.75 Å². The number of amides is 1. The van der Waals surface area contributed by atoms with E-state index in [9.17, 15) is 4.79 Å². The van der Waals surface area contributed by atoms with E-state index < -0.39 is 0 Å². The number of anilines is 2. The number of hydrogen-bond acceptors (Lipinski definition) is 4. The summed E-state index contributed by atoms with van der Waals surface area (Å²) in [4.78, 5) is 16.6. The van der Waals surface area contributed by atoms with Gasteiger partial charge in [0.25, 0.3) is 5.91 Å². The lowest BCUT2D eigenvalue weighted by Gasteiger charge is -2.10. The Morgan fingerprint density at radius 3 is 2.58 bits per heavy atom. The number of nitrogens with zero attached hydrogens (tertiary/aromatic N) is 1. The number of pyridine rings is 1. The summed E-state index contributed by atoms with van der Waals surface area (Å²) >= 11 is 6.14. The molecule has 0 aliphatic carbocycles. The Morgan fingerprint density at radius 1 is 1.08 bits per heavy atom. The molecule has 2 aromatic carbocycles. The highest BCUT2D eigenvalue weighted by molar-refractivity contribution is 6.31. The van der Waals surface area contributed by atoms with Crippen LogP contribution in [0.3, 0.4) is 0 Å². The smallest absolute Gasteiger partial charge is 0.260 e. The van der Waals surface area contributed by atoms with Crippen molar-refractivity contribution in [2.75, 3.05) is 17.7 Å². The van der Waals surface area contributed by atoms with Crippen molar-refractivity contribution in [3.05, 3.63) is 83.0 Å². The fourth-order valence-electron chi connectivity index (χ4n) is 2.43. The molecule has 0 saturated carbocycles. The zero-order chi connectivity index (χ0) is 18.4. The van der Waals surface area contributed by atoms with Crippen molar-refractivity contribution in [1.29, 1.82) is 0 Å². The summed E-state index contributed by atoms with van der Waals surface area (Å²) in [5.74, 6) is 0.707. The molecule has 2 N–H and O–H groups in total. The molecule has 1 aromatic heterocycles. The van der Waals surface area contributed by atoms with Gasteiger partial charge in [0.15, 0.2) is 0 Å². The van der Waals surface area contributed by atoms with E-state index in [2.05, 4.69) is 15.6 Å². The van der Waals surface area contributed by atoms with Crippen LogP contribution in [-0.4, -0.2) is 18.0 Å². The molecule has 0 saturated heterocycles. The van der Waals surface area contributed by atoms with Crippen LogP contribution < -0.4 is 15.4 Å². The second kappa shape index (κ2) is 8.36. The maximum atomic E-state index is 12.4. The summed E-state index contributed by atoms with van der Waals surface area (Å²) in [6.45, 7) is 0.592. The van der Waals surface area contributed by atoms with Crippen LogP contribution in [0.15, 0.2) is 66.9 Å². The van der Waals surface area contributed by atoms with Gasteiger partial charge in [-0.05, 0) is 35.9 Å². The van der Waals surface area contributed by atoms with Crippen molar-refractivity contribution in [2.45, 2.75) is 6.54 Å². The second-order valence-electron chi connectivity index (χ2n) is 5.53. The Balaban J connectivity index is 1.62. The minimum atomic E-state index is -0.272. The molecular weight excluding hydrogens is 350 g/mol. The van der Waals surface area contributed by atoms with Crippen LogP contribution in [0.2, 0.25) is 5.02 Å². The maximum absolute atomic E-state index is 12.4. The quantitative estimate of drug-likeness (QED) is 0.668. The zero-order valence-corrected chi connectivity index (χ0v) is 15.0. The fourth-order valence-corrected chi connectivity index (χ4v) is 2.63. The summed E-state index contributed by atoms with van der Waals surface area (Å²) in [5.41, 5.74) is 2.29.